The normalized spacial score (nSPS) is 18.6. The van der Waals surface area contributed by atoms with Gasteiger partial charge in [0.2, 0.25) is 0 Å². The number of anilines is 1. The maximum Gasteiger partial charge on any atom is 0.317 e. The van der Waals surface area contributed by atoms with Gasteiger partial charge in [0, 0.05) is 63.5 Å². The van der Waals surface area contributed by atoms with Crippen LogP contribution in [0.25, 0.3) is 0 Å². The summed E-state index contributed by atoms with van der Waals surface area (Å²) < 4.78 is 11.4. The molecule has 2 saturated heterocycles. The molecule has 1 unspecified atom stereocenters. The van der Waals surface area contributed by atoms with Gasteiger partial charge in [0.1, 0.15) is 23.2 Å². The zero-order valence-corrected chi connectivity index (χ0v) is 20.2. The van der Waals surface area contributed by atoms with E-state index in [0.717, 1.165) is 55.0 Å². The minimum absolute atomic E-state index is 0.00582. The Morgan fingerprint density at radius 3 is 2.42 bits per heavy atom. The maximum absolute atomic E-state index is 13.0. The highest BCUT2D eigenvalue weighted by atomic mass is 16.5. The molecule has 2 amide bonds. The lowest BCUT2D eigenvalue weighted by Crippen LogP contribution is -2.53. The van der Waals surface area contributed by atoms with Gasteiger partial charge in [-0.05, 0) is 26.0 Å². The van der Waals surface area contributed by atoms with E-state index < -0.39 is 0 Å². The van der Waals surface area contributed by atoms with Crippen LogP contribution in [0, 0.1) is 13.8 Å². The van der Waals surface area contributed by atoms with Crippen LogP contribution in [0.1, 0.15) is 48.8 Å². The molecule has 0 saturated carbocycles. The third kappa shape index (κ3) is 5.83. The van der Waals surface area contributed by atoms with Crippen LogP contribution in [-0.2, 0) is 4.74 Å². The molecule has 0 bridgehead atoms. The van der Waals surface area contributed by atoms with Crippen LogP contribution in [-0.4, -0.2) is 84.8 Å². The molecule has 33 heavy (non-hydrogen) atoms. The highest BCUT2D eigenvalue weighted by Crippen LogP contribution is 2.24. The average Bonchev–Trinajstić information content (AvgIpc) is 3.25. The Hall–Kier alpha value is -2.65. The van der Waals surface area contributed by atoms with Crippen LogP contribution in [0.5, 0.6) is 0 Å². The Morgan fingerprint density at radius 2 is 1.79 bits per heavy atom. The molecule has 0 aliphatic carbocycles. The lowest BCUT2D eigenvalue weighted by molar-refractivity contribution is 0.0119. The molecule has 2 aromatic rings. The number of carbonyl (C=O) groups excluding carboxylic acids is 1. The summed E-state index contributed by atoms with van der Waals surface area (Å²) in [6.07, 6.45) is 0. The summed E-state index contributed by atoms with van der Waals surface area (Å²) in [5, 5.41) is 3.15. The Kier molecular flexibility index (Phi) is 7.49. The van der Waals surface area contributed by atoms with E-state index in [9.17, 15) is 4.79 Å². The number of amides is 2. The number of nitrogens with one attached hydrogen (secondary N) is 1. The van der Waals surface area contributed by atoms with Crippen molar-refractivity contribution in [2.45, 2.75) is 39.7 Å². The molecule has 9 heteroatoms. The lowest BCUT2D eigenvalue weighted by Gasteiger charge is -2.37. The van der Waals surface area contributed by atoms with Gasteiger partial charge in [-0.25, -0.2) is 14.8 Å². The first-order valence-electron chi connectivity index (χ1n) is 11.9. The minimum Gasteiger partial charge on any atom is -0.465 e. The van der Waals surface area contributed by atoms with E-state index in [4.69, 9.17) is 14.1 Å². The second-order valence-corrected chi connectivity index (χ2v) is 9.15. The summed E-state index contributed by atoms with van der Waals surface area (Å²) in [7, 11) is 0. The fourth-order valence-electron chi connectivity index (χ4n) is 4.36. The zero-order chi connectivity index (χ0) is 23.4. The second-order valence-electron chi connectivity index (χ2n) is 9.15. The first-order chi connectivity index (χ1) is 15.9. The molecule has 9 nitrogen and oxygen atoms in total. The number of morpholine rings is 1. The predicted octanol–water partition coefficient (Wildman–Crippen LogP) is 2.71. The van der Waals surface area contributed by atoms with E-state index in [-0.39, 0.29) is 18.0 Å². The van der Waals surface area contributed by atoms with Crippen LogP contribution in [0.3, 0.4) is 0 Å². The molecular formula is C24H36N6O3. The molecule has 180 valence electrons. The summed E-state index contributed by atoms with van der Waals surface area (Å²) >= 11 is 0. The predicted molar refractivity (Wildman–Crippen MR) is 127 cm³/mol. The number of ether oxygens (including phenoxy) is 1. The van der Waals surface area contributed by atoms with E-state index in [1.54, 1.807) is 0 Å². The first kappa shape index (κ1) is 23.5. The number of carbonyl (C=O) groups is 1. The van der Waals surface area contributed by atoms with Gasteiger partial charge in [0.25, 0.3) is 0 Å². The van der Waals surface area contributed by atoms with Crippen LogP contribution in [0.2, 0.25) is 0 Å². The Morgan fingerprint density at radius 1 is 1.06 bits per heavy atom. The van der Waals surface area contributed by atoms with Crippen molar-refractivity contribution in [1.29, 1.82) is 0 Å². The molecule has 4 rings (SSSR count). The van der Waals surface area contributed by atoms with Crippen molar-refractivity contribution in [2.75, 3.05) is 63.9 Å². The lowest BCUT2D eigenvalue weighted by atomic mass is 10.1. The highest BCUT2D eigenvalue weighted by Gasteiger charge is 2.28. The van der Waals surface area contributed by atoms with Gasteiger partial charge < -0.3 is 24.3 Å². The van der Waals surface area contributed by atoms with Crippen molar-refractivity contribution < 1.29 is 13.9 Å². The minimum atomic E-state index is -0.0297. The smallest absolute Gasteiger partial charge is 0.317 e. The third-order valence-electron chi connectivity index (χ3n) is 6.29. The summed E-state index contributed by atoms with van der Waals surface area (Å²) in [5.41, 5.74) is 0.978. The number of furan rings is 1. The van der Waals surface area contributed by atoms with E-state index in [1.807, 2.05) is 36.9 Å². The van der Waals surface area contributed by atoms with Crippen molar-refractivity contribution in [3.8, 4) is 0 Å². The Balaban J connectivity index is 1.33. The SMILES string of the molecule is Cc1cc(N2CCN(C(=O)NCC(c3ccc(C)o3)N3CCOCC3)CC2)nc(C(C)C)n1. The first-order valence-corrected chi connectivity index (χ1v) is 11.9. The van der Waals surface area contributed by atoms with Crippen LogP contribution in [0.4, 0.5) is 10.6 Å². The molecule has 1 atom stereocenters. The zero-order valence-electron chi connectivity index (χ0n) is 20.2. The summed E-state index contributed by atoms with van der Waals surface area (Å²) in [4.78, 5) is 28.7. The highest BCUT2D eigenvalue weighted by molar-refractivity contribution is 5.74. The maximum atomic E-state index is 13.0. The standard InChI is InChI=1S/C24H36N6O3/c1-17(2)23-26-18(3)15-22(27-23)29-7-9-30(10-8-29)24(31)25-16-20(21-6-5-19(4)33-21)28-11-13-32-14-12-28/h5-6,15,17,20H,7-14,16H2,1-4H3,(H,25,31). The van der Waals surface area contributed by atoms with Crippen LogP contribution >= 0.6 is 0 Å². The van der Waals surface area contributed by atoms with Gasteiger partial charge in [0.15, 0.2) is 0 Å². The largest absolute Gasteiger partial charge is 0.465 e. The molecule has 2 aromatic heterocycles. The van der Waals surface area contributed by atoms with Gasteiger partial charge in [0.05, 0.1) is 19.3 Å². The average molecular weight is 457 g/mol. The molecule has 2 aliphatic rings. The van der Waals surface area contributed by atoms with Crippen LogP contribution < -0.4 is 10.2 Å². The fourth-order valence-corrected chi connectivity index (χ4v) is 4.36. The fraction of sp³-hybridized carbons (Fsp3) is 0.625. The van der Waals surface area contributed by atoms with Gasteiger partial charge >= 0.3 is 6.03 Å². The molecule has 0 aromatic carbocycles. The number of urea groups is 1. The van der Waals surface area contributed by atoms with Crippen molar-refractivity contribution >= 4 is 11.8 Å². The number of piperazine rings is 1. The quantitative estimate of drug-likeness (QED) is 0.715. The topological polar surface area (TPSA) is 87.0 Å². The number of nitrogens with zero attached hydrogens (tertiary/aromatic N) is 5. The summed E-state index contributed by atoms with van der Waals surface area (Å²) in [5.74, 6) is 3.87. The van der Waals surface area contributed by atoms with E-state index in [2.05, 4.69) is 33.9 Å². The van der Waals surface area contributed by atoms with E-state index >= 15 is 0 Å². The molecule has 0 spiro atoms. The molecule has 2 aliphatic heterocycles. The van der Waals surface area contributed by atoms with E-state index in [0.29, 0.717) is 32.8 Å². The number of rotatable bonds is 6. The second kappa shape index (κ2) is 10.5. The number of aryl methyl sites for hydroxylation is 2. The number of aromatic nitrogens is 2. The van der Waals surface area contributed by atoms with E-state index in [1.165, 1.54) is 0 Å². The molecule has 4 heterocycles. The van der Waals surface area contributed by atoms with Gasteiger partial charge in [-0.2, -0.15) is 0 Å². The molecule has 0 radical (unpaired) electrons. The summed E-state index contributed by atoms with van der Waals surface area (Å²) in [6.45, 7) is 14.6. The Labute approximate surface area is 196 Å². The molecular weight excluding hydrogens is 420 g/mol. The number of hydrogen-bond donors (Lipinski definition) is 1. The van der Waals surface area contributed by atoms with Crippen molar-refractivity contribution in [1.82, 2.24) is 25.1 Å². The van der Waals surface area contributed by atoms with Gasteiger partial charge in [-0.1, -0.05) is 13.8 Å². The monoisotopic (exact) mass is 456 g/mol. The molecule has 1 N–H and O–H groups in total. The Bertz CT molecular complexity index is 932. The summed E-state index contributed by atoms with van der Waals surface area (Å²) in [6, 6.07) is 5.99. The van der Waals surface area contributed by atoms with Gasteiger partial charge in [-0.3, -0.25) is 4.90 Å². The van der Waals surface area contributed by atoms with Crippen molar-refractivity contribution in [2.24, 2.45) is 0 Å². The van der Waals surface area contributed by atoms with Gasteiger partial charge in [-0.15, -0.1) is 0 Å². The number of hydrogen-bond acceptors (Lipinski definition) is 7. The van der Waals surface area contributed by atoms with Crippen molar-refractivity contribution in [3.05, 3.63) is 41.2 Å². The van der Waals surface area contributed by atoms with Crippen LogP contribution in [0.15, 0.2) is 22.6 Å². The third-order valence-corrected chi connectivity index (χ3v) is 6.29. The molecule has 2 fully saturated rings. The van der Waals surface area contributed by atoms with Crippen molar-refractivity contribution in [3.63, 3.8) is 0 Å².